The van der Waals surface area contributed by atoms with Gasteiger partial charge in [0.15, 0.2) is 11.5 Å². The molecule has 5 aromatic rings. The minimum atomic E-state index is -1.30. The summed E-state index contributed by atoms with van der Waals surface area (Å²) < 4.78 is 7.96. The first-order valence-electron chi connectivity index (χ1n) is 18.2. The van der Waals surface area contributed by atoms with Crippen LogP contribution in [0.25, 0.3) is 26.7 Å². The number of amides is 4. The van der Waals surface area contributed by atoms with Crippen molar-refractivity contribution >= 4 is 74.2 Å². The Labute approximate surface area is 326 Å². The summed E-state index contributed by atoms with van der Waals surface area (Å²) in [7, 11) is 3.18. The zero-order valence-corrected chi connectivity index (χ0v) is 32.1. The number of aromatic nitrogens is 2. The number of aromatic hydroxyl groups is 1. The summed E-state index contributed by atoms with van der Waals surface area (Å²) in [6, 6.07) is 19.7. The molecule has 0 spiro atoms. The van der Waals surface area contributed by atoms with Crippen molar-refractivity contribution in [3.8, 4) is 22.1 Å². The first-order chi connectivity index (χ1) is 26.4. The highest BCUT2D eigenvalue weighted by Gasteiger charge is 2.68. The zero-order chi connectivity index (χ0) is 38.7. The topological polar surface area (TPSA) is 122 Å². The molecule has 4 amide bonds. The van der Waals surface area contributed by atoms with Crippen molar-refractivity contribution in [1.82, 2.24) is 9.78 Å². The van der Waals surface area contributed by atoms with Crippen molar-refractivity contribution in [3.63, 3.8) is 0 Å². The minimum Gasteiger partial charge on any atom is -0.504 e. The fraction of sp³-hybridized carbons (Fsp3) is 0.279. The molecule has 55 heavy (non-hydrogen) atoms. The van der Waals surface area contributed by atoms with E-state index in [9.17, 15) is 19.5 Å². The summed E-state index contributed by atoms with van der Waals surface area (Å²) in [4.78, 5) is 61.9. The molecule has 4 aliphatic rings. The molecule has 2 aliphatic carbocycles. The summed E-state index contributed by atoms with van der Waals surface area (Å²) in [6.07, 6.45) is 4.19. The van der Waals surface area contributed by atoms with Crippen molar-refractivity contribution in [2.75, 3.05) is 16.9 Å². The second kappa shape index (κ2) is 12.5. The lowest BCUT2D eigenvalue weighted by Gasteiger charge is -2.49. The number of aryl methyl sites for hydroxylation is 2. The third-order valence-corrected chi connectivity index (χ3v) is 13.9. The summed E-state index contributed by atoms with van der Waals surface area (Å²) >= 11 is 7.88. The summed E-state index contributed by atoms with van der Waals surface area (Å²) in [5.74, 6) is -4.27. The SMILES string of the molecule is C=Cc1ccc(N2C(=O)C3CC=C4C(CC5C(=O)N(c6cc(-c7sc8ccc(Cl)cc8c7C)nn6C)C(=O)C5(C)C4c4ccc(OC)c(O)c4)C3C2=O)cc1. The molecule has 6 unspecified atom stereocenters. The number of ether oxygens (including phenoxy) is 1. The standard InChI is InChI=1S/C43H37ClN4O6S/c1-6-22-7-11-25(12-8-22)47-39(50)27-14-13-26-29(36(27)41(47)52)19-30-40(51)48(42(53)43(30,3)37(26)23-9-15-33(54-5)32(49)17-23)35-20-31(45-46(35)4)38-21(2)28-18-24(44)10-16-34(28)55-38/h6-13,15-18,20,27,29-30,36-37,49H,1,14,19H2,2-5H3. The number of hydrogen-bond donors (Lipinski definition) is 1. The molecular weight excluding hydrogens is 736 g/mol. The van der Waals surface area contributed by atoms with Crippen molar-refractivity contribution in [2.24, 2.45) is 36.1 Å². The van der Waals surface area contributed by atoms with Gasteiger partial charge in [0.2, 0.25) is 23.6 Å². The van der Waals surface area contributed by atoms with Crippen molar-refractivity contribution < 1.29 is 29.0 Å². The number of carbonyl (C=O) groups is 4. The third kappa shape index (κ3) is 4.95. The normalized spacial score (nSPS) is 26.0. The number of methoxy groups -OCH3 is 1. The van der Waals surface area contributed by atoms with Gasteiger partial charge in [-0.1, -0.05) is 54.1 Å². The number of allylic oxidation sites excluding steroid dienone is 2. The van der Waals surface area contributed by atoms with E-state index in [1.54, 1.807) is 65.5 Å². The Balaban J connectivity index is 1.15. The second-order valence-corrected chi connectivity index (χ2v) is 16.6. The molecule has 6 atom stereocenters. The minimum absolute atomic E-state index is 0.109. The van der Waals surface area contributed by atoms with Crippen molar-refractivity contribution in [3.05, 3.63) is 107 Å². The first-order valence-corrected chi connectivity index (χ1v) is 19.3. The van der Waals surface area contributed by atoms with Gasteiger partial charge in [0.25, 0.3) is 0 Å². The van der Waals surface area contributed by atoms with Gasteiger partial charge >= 0.3 is 0 Å². The largest absolute Gasteiger partial charge is 0.504 e. The van der Waals surface area contributed by atoms with Crippen LogP contribution in [-0.4, -0.2) is 45.6 Å². The van der Waals surface area contributed by atoms with Crippen molar-refractivity contribution in [1.29, 1.82) is 0 Å². The Bertz CT molecular complexity index is 2550. The number of benzene rings is 3. The Morgan fingerprint density at radius 1 is 0.982 bits per heavy atom. The van der Waals surface area contributed by atoms with Crippen LogP contribution >= 0.6 is 22.9 Å². The van der Waals surface area contributed by atoms with Crippen LogP contribution in [-0.2, 0) is 26.2 Å². The highest BCUT2D eigenvalue weighted by atomic mass is 35.5. The number of halogens is 1. The smallest absolute Gasteiger partial charge is 0.242 e. The molecule has 3 fully saturated rings. The predicted octanol–water partition coefficient (Wildman–Crippen LogP) is 8.06. The van der Waals surface area contributed by atoms with Gasteiger partial charge in [-0.3, -0.25) is 28.8 Å². The van der Waals surface area contributed by atoms with Gasteiger partial charge in [0, 0.05) is 28.8 Å². The van der Waals surface area contributed by atoms with Crippen LogP contribution in [0.1, 0.15) is 42.4 Å². The fourth-order valence-electron chi connectivity index (χ4n) is 9.73. The summed E-state index contributed by atoms with van der Waals surface area (Å²) in [5.41, 5.74) is 3.10. The quantitative estimate of drug-likeness (QED) is 0.137. The van der Waals surface area contributed by atoms with Crippen LogP contribution in [0.5, 0.6) is 11.5 Å². The molecule has 3 aromatic carbocycles. The van der Waals surface area contributed by atoms with Crippen molar-refractivity contribution in [2.45, 2.75) is 32.6 Å². The number of thiophene rings is 1. The number of nitrogens with zero attached hydrogens (tertiary/aromatic N) is 4. The maximum Gasteiger partial charge on any atom is 0.242 e. The van der Waals surface area contributed by atoms with E-state index in [-0.39, 0.29) is 35.6 Å². The highest BCUT2D eigenvalue weighted by molar-refractivity contribution is 7.22. The van der Waals surface area contributed by atoms with Gasteiger partial charge in [0.05, 0.1) is 40.8 Å². The van der Waals surface area contributed by atoms with Crippen LogP contribution in [0.2, 0.25) is 5.02 Å². The lowest BCUT2D eigenvalue weighted by Crippen LogP contribution is -2.48. The third-order valence-electron chi connectivity index (χ3n) is 12.4. The molecule has 278 valence electrons. The highest BCUT2D eigenvalue weighted by Crippen LogP contribution is 2.64. The van der Waals surface area contributed by atoms with E-state index in [0.29, 0.717) is 34.2 Å². The number of fused-ring (bicyclic) bond motifs is 5. The van der Waals surface area contributed by atoms with E-state index in [2.05, 4.69) is 6.58 Å². The first kappa shape index (κ1) is 35.2. The van der Waals surface area contributed by atoms with E-state index in [1.165, 1.54) is 16.9 Å². The molecule has 4 heterocycles. The lowest BCUT2D eigenvalue weighted by atomic mass is 9.51. The molecule has 10 nitrogen and oxygen atoms in total. The predicted molar refractivity (Wildman–Crippen MR) is 212 cm³/mol. The van der Waals surface area contributed by atoms with Crippen LogP contribution in [0.4, 0.5) is 11.5 Å². The van der Waals surface area contributed by atoms with Gasteiger partial charge < -0.3 is 9.84 Å². The number of anilines is 2. The van der Waals surface area contributed by atoms with Gasteiger partial charge in [-0.15, -0.1) is 11.3 Å². The molecule has 0 radical (unpaired) electrons. The Hall–Kier alpha value is -5.52. The number of imide groups is 2. The second-order valence-electron chi connectivity index (χ2n) is 15.1. The van der Waals surface area contributed by atoms with Gasteiger partial charge in [-0.2, -0.15) is 5.10 Å². The monoisotopic (exact) mass is 772 g/mol. The molecule has 2 aliphatic heterocycles. The Morgan fingerprint density at radius 2 is 1.75 bits per heavy atom. The summed E-state index contributed by atoms with van der Waals surface area (Å²) in [5, 5.41) is 17.5. The van der Waals surface area contributed by atoms with E-state index >= 15 is 4.79 Å². The van der Waals surface area contributed by atoms with E-state index in [4.69, 9.17) is 21.4 Å². The zero-order valence-electron chi connectivity index (χ0n) is 30.6. The van der Waals surface area contributed by atoms with Crippen LogP contribution < -0.4 is 14.5 Å². The van der Waals surface area contributed by atoms with Crippen LogP contribution in [0.15, 0.2) is 85.0 Å². The molecule has 2 aromatic heterocycles. The molecule has 1 saturated carbocycles. The number of phenols is 1. The Kier molecular flexibility index (Phi) is 8.00. The molecule has 9 rings (SSSR count). The van der Waals surface area contributed by atoms with E-state index < -0.39 is 40.9 Å². The van der Waals surface area contributed by atoms with Crippen LogP contribution in [0, 0.1) is 36.0 Å². The Morgan fingerprint density at radius 3 is 2.45 bits per heavy atom. The maximum atomic E-state index is 15.1. The average Bonchev–Trinajstić information content (AvgIpc) is 3.84. The number of rotatable bonds is 6. The van der Waals surface area contributed by atoms with E-state index in [1.807, 2.05) is 50.3 Å². The average molecular weight is 773 g/mol. The lowest BCUT2D eigenvalue weighted by molar-refractivity contribution is -0.131. The van der Waals surface area contributed by atoms with Gasteiger partial charge in [-0.05, 0) is 97.1 Å². The molecular formula is C43H37ClN4O6S. The van der Waals surface area contributed by atoms with E-state index in [0.717, 1.165) is 31.7 Å². The fourth-order valence-corrected chi connectivity index (χ4v) is 11.0. The van der Waals surface area contributed by atoms with Crippen LogP contribution in [0.3, 0.4) is 0 Å². The number of carbonyl (C=O) groups excluding carboxylic acids is 4. The number of phenolic OH excluding ortho intramolecular Hbond substituents is 1. The molecule has 0 bridgehead atoms. The maximum absolute atomic E-state index is 15.1. The van der Waals surface area contributed by atoms with Gasteiger partial charge in [-0.25, -0.2) is 4.90 Å². The molecule has 2 saturated heterocycles. The number of hydrogen-bond acceptors (Lipinski definition) is 8. The van der Waals surface area contributed by atoms with Gasteiger partial charge in [0.1, 0.15) is 11.5 Å². The summed E-state index contributed by atoms with van der Waals surface area (Å²) in [6.45, 7) is 7.62. The molecule has 1 N–H and O–H groups in total. The molecule has 12 heteroatoms.